The molecule has 0 amide bonds. The van der Waals surface area contributed by atoms with Crippen LogP contribution in [-0.2, 0) is 0 Å². The molecule has 0 saturated heterocycles. The molecule has 0 saturated carbocycles. The van der Waals surface area contributed by atoms with E-state index in [2.05, 4.69) is 4.98 Å². The Labute approximate surface area is 100 Å². The van der Waals surface area contributed by atoms with Gasteiger partial charge in [0.2, 0.25) is 0 Å². The lowest BCUT2D eigenvalue weighted by Gasteiger charge is -2.19. The molecule has 1 atom stereocenters. The van der Waals surface area contributed by atoms with Gasteiger partial charge in [-0.2, -0.15) is 0 Å². The maximum absolute atomic E-state index is 13.2. The largest absolute Gasteiger partial charge is 0.328 e. The zero-order chi connectivity index (χ0) is 12.4. The summed E-state index contributed by atoms with van der Waals surface area (Å²) in [7, 11) is 0. The highest BCUT2D eigenvalue weighted by molar-refractivity contribution is 5.23. The smallest absolute Gasteiger partial charge is 0.123 e. The Hall–Kier alpha value is -1.68. The summed E-state index contributed by atoms with van der Waals surface area (Å²) in [4.78, 5) is 4.25. The number of nitrogens with zero attached hydrogens (tertiary/aromatic N) is 2. The summed E-state index contributed by atoms with van der Waals surface area (Å²) in [5, 5.41) is 0. The van der Waals surface area contributed by atoms with E-state index in [1.165, 1.54) is 12.1 Å². The summed E-state index contributed by atoms with van der Waals surface area (Å²) >= 11 is 0. The summed E-state index contributed by atoms with van der Waals surface area (Å²) in [5.74, 6) is -0.240. The van der Waals surface area contributed by atoms with E-state index in [9.17, 15) is 4.39 Å². The highest BCUT2D eigenvalue weighted by atomic mass is 19.1. The molecule has 1 aromatic carbocycles. The molecule has 2 aromatic rings. The lowest BCUT2D eigenvalue weighted by atomic mass is 10.1. The molecule has 0 aliphatic rings. The Morgan fingerprint density at radius 1 is 1.41 bits per heavy atom. The molecule has 1 unspecified atom stereocenters. The molecule has 0 fully saturated rings. The Bertz CT molecular complexity index is 519. The SMILES string of the molecule is Cc1ncn(C(CN)c2cccc(F)c2)c1C. The fourth-order valence-electron chi connectivity index (χ4n) is 1.95. The standard InChI is InChI=1S/C13H16FN3/c1-9-10(2)17(8-16-9)13(7-15)11-4-3-5-12(14)6-11/h3-6,8,13H,7,15H2,1-2H3. The van der Waals surface area contributed by atoms with Crippen LogP contribution in [0.4, 0.5) is 4.39 Å². The van der Waals surface area contributed by atoms with Crippen molar-refractivity contribution in [3.63, 3.8) is 0 Å². The van der Waals surface area contributed by atoms with E-state index >= 15 is 0 Å². The number of aryl methyl sites for hydroxylation is 1. The number of rotatable bonds is 3. The minimum Gasteiger partial charge on any atom is -0.328 e. The van der Waals surface area contributed by atoms with Gasteiger partial charge in [-0.25, -0.2) is 9.37 Å². The van der Waals surface area contributed by atoms with Crippen LogP contribution in [0, 0.1) is 19.7 Å². The highest BCUT2D eigenvalue weighted by Crippen LogP contribution is 2.21. The Kier molecular flexibility index (Phi) is 3.24. The first-order valence-electron chi connectivity index (χ1n) is 5.59. The Morgan fingerprint density at radius 3 is 2.71 bits per heavy atom. The molecule has 90 valence electrons. The molecule has 0 spiro atoms. The van der Waals surface area contributed by atoms with Gasteiger partial charge in [-0.15, -0.1) is 0 Å². The van der Waals surface area contributed by atoms with Crippen molar-refractivity contribution < 1.29 is 4.39 Å². The third kappa shape index (κ3) is 2.22. The highest BCUT2D eigenvalue weighted by Gasteiger charge is 2.15. The monoisotopic (exact) mass is 233 g/mol. The number of hydrogen-bond acceptors (Lipinski definition) is 2. The van der Waals surface area contributed by atoms with Crippen molar-refractivity contribution in [3.05, 3.63) is 53.4 Å². The van der Waals surface area contributed by atoms with Gasteiger partial charge in [0.1, 0.15) is 5.82 Å². The minimum absolute atomic E-state index is 0.0631. The number of aromatic nitrogens is 2. The Morgan fingerprint density at radius 2 is 2.18 bits per heavy atom. The van der Waals surface area contributed by atoms with E-state index in [0.717, 1.165) is 17.0 Å². The van der Waals surface area contributed by atoms with E-state index in [1.807, 2.05) is 24.5 Å². The van der Waals surface area contributed by atoms with Crippen LogP contribution in [0.5, 0.6) is 0 Å². The predicted molar refractivity (Wildman–Crippen MR) is 65.3 cm³/mol. The van der Waals surface area contributed by atoms with Crippen LogP contribution in [0.15, 0.2) is 30.6 Å². The van der Waals surface area contributed by atoms with Crippen molar-refractivity contribution in [2.24, 2.45) is 5.73 Å². The quantitative estimate of drug-likeness (QED) is 0.883. The van der Waals surface area contributed by atoms with Crippen LogP contribution in [0.2, 0.25) is 0 Å². The molecular formula is C13H16FN3. The maximum Gasteiger partial charge on any atom is 0.123 e. The first-order valence-corrected chi connectivity index (χ1v) is 5.59. The third-order valence-electron chi connectivity index (χ3n) is 3.08. The molecule has 0 aliphatic carbocycles. The fourth-order valence-corrected chi connectivity index (χ4v) is 1.95. The summed E-state index contributed by atoms with van der Waals surface area (Å²) in [5.41, 5.74) is 8.69. The number of hydrogen-bond donors (Lipinski definition) is 1. The van der Waals surface area contributed by atoms with Crippen LogP contribution >= 0.6 is 0 Å². The molecule has 2 rings (SSSR count). The van der Waals surface area contributed by atoms with E-state index < -0.39 is 0 Å². The van der Waals surface area contributed by atoms with E-state index in [0.29, 0.717) is 6.54 Å². The van der Waals surface area contributed by atoms with Crippen molar-refractivity contribution >= 4 is 0 Å². The Balaban J connectivity index is 2.44. The van der Waals surface area contributed by atoms with Crippen molar-refractivity contribution in [1.82, 2.24) is 9.55 Å². The van der Waals surface area contributed by atoms with Crippen LogP contribution in [-0.4, -0.2) is 16.1 Å². The second-order valence-corrected chi connectivity index (χ2v) is 4.13. The molecule has 3 nitrogen and oxygen atoms in total. The molecule has 2 N–H and O–H groups in total. The second-order valence-electron chi connectivity index (χ2n) is 4.13. The van der Waals surface area contributed by atoms with E-state index in [4.69, 9.17) is 5.73 Å². The van der Waals surface area contributed by atoms with Crippen molar-refractivity contribution in [2.75, 3.05) is 6.54 Å². The van der Waals surface area contributed by atoms with Gasteiger partial charge in [-0.05, 0) is 31.5 Å². The van der Waals surface area contributed by atoms with Gasteiger partial charge in [-0.3, -0.25) is 0 Å². The number of benzene rings is 1. The van der Waals surface area contributed by atoms with Crippen molar-refractivity contribution in [2.45, 2.75) is 19.9 Å². The van der Waals surface area contributed by atoms with Gasteiger partial charge in [0.25, 0.3) is 0 Å². The van der Waals surface area contributed by atoms with Crippen LogP contribution in [0.3, 0.4) is 0 Å². The second kappa shape index (κ2) is 4.67. The average molecular weight is 233 g/mol. The normalized spacial score (nSPS) is 12.7. The van der Waals surface area contributed by atoms with Gasteiger partial charge >= 0.3 is 0 Å². The van der Waals surface area contributed by atoms with Crippen molar-refractivity contribution in [3.8, 4) is 0 Å². The van der Waals surface area contributed by atoms with E-state index in [-0.39, 0.29) is 11.9 Å². The van der Waals surface area contributed by atoms with Gasteiger partial charge in [0.05, 0.1) is 18.1 Å². The summed E-state index contributed by atoms with van der Waals surface area (Å²) in [6, 6.07) is 6.48. The maximum atomic E-state index is 13.2. The molecular weight excluding hydrogens is 217 g/mol. The minimum atomic E-state index is -0.240. The summed E-state index contributed by atoms with van der Waals surface area (Å²) in [6.45, 7) is 4.36. The van der Waals surface area contributed by atoms with Crippen LogP contribution in [0.25, 0.3) is 0 Å². The molecule has 1 heterocycles. The molecule has 4 heteroatoms. The van der Waals surface area contributed by atoms with Gasteiger partial charge < -0.3 is 10.3 Å². The number of nitrogens with two attached hydrogens (primary N) is 1. The predicted octanol–water partition coefficient (Wildman–Crippen LogP) is 2.19. The fraction of sp³-hybridized carbons (Fsp3) is 0.308. The number of halogens is 1. The van der Waals surface area contributed by atoms with Gasteiger partial charge in [-0.1, -0.05) is 12.1 Å². The molecule has 0 aliphatic heterocycles. The lowest BCUT2D eigenvalue weighted by Crippen LogP contribution is -2.21. The van der Waals surface area contributed by atoms with Gasteiger partial charge in [0, 0.05) is 12.2 Å². The topological polar surface area (TPSA) is 43.8 Å². The lowest BCUT2D eigenvalue weighted by molar-refractivity contribution is 0.569. The number of imidazole rings is 1. The van der Waals surface area contributed by atoms with Crippen LogP contribution in [0.1, 0.15) is 23.0 Å². The van der Waals surface area contributed by atoms with Crippen molar-refractivity contribution in [1.29, 1.82) is 0 Å². The summed E-state index contributed by atoms with van der Waals surface area (Å²) < 4.78 is 15.2. The van der Waals surface area contributed by atoms with Gasteiger partial charge in [0.15, 0.2) is 0 Å². The third-order valence-corrected chi connectivity index (χ3v) is 3.08. The molecule has 0 radical (unpaired) electrons. The first kappa shape index (κ1) is 11.8. The molecule has 1 aromatic heterocycles. The average Bonchev–Trinajstić information content (AvgIpc) is 2.63. The first-order chi connectivity index (χ1) is 8.13. The van der Waals surface area contributed by atoms with Crippen LogP contribution < -0.4 is 5.73 Å². The zero-order valence-electron chi connectivity index (χ0n) is 10.0. The molecule has 0 bridgehead atoms. The molecule has 17 heavy (non-hydrogen) atoms. The zero-order valence-corrected chi connectivity index (χ0v) is 10.0. The van der Waals surface area contributed by atoms with E-state index in [1.54, 1.807) is 12.4 Å². The summed E-state index contributed by atoms with van der Waals surface area (Å²) in [6.07, 6.45) is 1.76.